The summed E-state index contributed by atoms with van der Waals surface area (Å²) in [5, 5.41) is 12.8. The summed E-state index contributed by atoms with van der Waals surface area (Å²) in [5.74, 6) is 1.53. The minimum absolute atomic E-state index is 0.0781. The maximum Gasteiger partial charge on any atom is 0.119 e. The molecule has 0 amide bonds. The summed E-state index contributed by atoms with van der Waals surface area (Å²) >= 11 is 0. The Hall–Kier alpha value is -2.69. The normalized spacial score (nSPS) is 17.7. The number of halogens is 1. The number of fused-ring (bicyclic) bond motifs is 1. The second kappa shape index (κ2) is 11.3. The lowest BCUT2D eigenvalue weighted by Gasteiger charge is -2.35. The van der Waals surface area contributed by atoms with E-state index < -0.39 is 0 Å². The van der Waals surface area contributed by atoms with Crippen molar-refractivity contribution in [1.29, 1.82) is 0 Å². The molecule has 4 rings (SSSR count). The highest BCUT2D eigenvalue weighted by Crippen LogP contribution is 2.46. The number of nitrogens with one attached hydrogen (secondary N) is 1. The van der Waals surface area contributed by atoms with E-state index in [0.29, 0.717) is 32.0 Å². The van der Waals surface area contributed by atoms with Gasteiger partial charge in [-0.15, -0.1) is 0 Å². The van der Waals surface area contributed by atoms with E-state index in [1.807, 2.05) is 6.07 Å². The molecule has 0 aliphatic heterocycles. The van der Waals surface area contributed by atoms with E-state index in [0.717, 1.165) is 24.2 Å². The van der Waals surface area contributed by atoms with Crippen LogP contribution in [0.2, 0.25) is 0 Å². The molecule has 0 radical (unpaired) electrons. The van der Waals surface area contributed by atoms with Crippen LogP contribution in [0.25, 0.3) is 0 Å². The number of aliphatic hydroxyl groups is 1. The lowest BCUT2D eigenvalue weighted by atomic mass is 9.69. The molecule has 1 aliphatic carbocycles. The molecule has 3 aromatic carbocycles. The Morgan fingerprint density at radius 1 is 0.938 bits per heavy atom. The number of ether oxygens (including phenoxy) is 1. The van der Waals surface area contributed by atoms with Crippen molar-refractivity contribution in [2.45, 2.75) is 37.7 Å². The highest BCUT2D eigenvalue weighted by atomic mass is 19.1. The van der Waals surface area contributed by atoms with Crippen molar-refractivity contribution < 1.29 is 14.2 Å². The third-order valence-electron chi connectivity index (χ3n) is 6.35. The van der Waals surface area contributed by atoms with Crippen LogP contribution in [-0.4, -0.2) is 31.5 Å². The van der Waals surface area contributed by atoms with Gasteiger partial charge in [-0.2, -0.15) is 0 Å². The van der Waals surface area contributed by atoms with E-state index in [-0.39, 0.29) is 19.2 Å². The molecule has 0 heterocycles. The van der Waals surface area contributed by atoms with Crippen molar-refractivity contribution in [1.82, 2.24) is 5.32 Å². The van der Waals surface area contributed by atoms with E-state index in [1.54, 1.807) is 0 Å². The number of rotatable bonds is 10. The Balaban J connectivity index is 1.54. The van der Waals surface area contributed by atoms with Crippen LogP contribution in [0.5, 0.6) is 5.75 Å². The zero-order valence-corrected chi connectivity index (χ0v) is 18.5. The Morgan fingerprint density at radius 3 is 2.50 bits per heavy atom. The van der Waals surface area contributed by atoms with Crippen molar-refractivity contribution in [3.05, 3.63) is 101 Å². The Kier molecular flexibility index (Phi) is 7.92. The minimum atomic E-state index is -0.287. The van der Waals surface area contributed by atoms with Gasteiger partial charge in [0.1, 0.15) is 12.4 Å². The first-order valence-electron chi connectivity index (χ1n) is 11.6. The number of benzene rings is 3. The van der Waals surface area contributed by atoms with E-state index >= 15 is 0 Å². The van der Waals surface area contributed by atoms with Gasteiger partial charge in [0, 0.05) is 12.5 Å². The smallest absolute Gasteiger partial charge is 0.119 e. The molecule has 1 aliphatic rings. The number of hydrogen-bond acceptors (Lipinski definition) is 3. The van der Waals surface area contributed by atoms with Crippen molar-refractivity contribution in [3.8, 4) is 5.75 Å². The summed E-state index contributed by atoms with van der Waals surface area (Å²) in [6.07, 6.45) is 2.65. The molecular formula is C28H32FNO2. The minimum Gasteiger partial charge on any atom is -0.492 e. The summed E-state index contributed by atoms with van der Waals surface area (Å²) in [7, 11) is 0. The summed E-state index contributed by atoms with van der Waals surface area (Å²) < 4.78 is 18.0. The van der Waals surface area contributed by atoms with Crippen LogP contribution in [0.1, 0.15) is 52.5 Å². The highest BCUT2D eigenvalue weighted by Gasteiger charge is 2.32. The quantitative estimate of drug-likeness (QED) is 0.423. The highest BCUT2D eigenvalue weighted by molar-refractivity contribution is 5.47. The standard InChI is InChI=1S/C28H32FNO2/c29-15-4-16-30-17-18-32-25-11-8-23(9-12-25)28-26(22-5-2-1-3-6-22)14-10-24-19-21(20-31)7-13-27(24)28/h1-3,5-9,11-13,19,26,28,30-31H,4,10,14-18,20H2/t26-,28+/m1/s1. The summed E-state index contributed by atoms with van der Waals surface area (Å²) in [4.78, 5) is 0. The molecule has 0 unspecified atom stereocenters. The van der Waals surface area contributed by atoms with Gasteiger partial charge < -0.3 is 15.2 Å². The molecule has 0 saturated carbocycles. The van der Waals surface area contributed by atoms with E-state index in [4.69, 9.17) is 4.74 Å². The predicted octanol–water partition coefficient (Wildman–Crippen LogP) is 5.37. The fourth-order valence-corrected chi connectivity index (χ4v) is 4.77. The van der Waals surface area contributed by atoms with Crippen molar-refractivity contribution in [2.75, 3.05) is 26.4 Å². The molecule has 0 bridgehead atoms. The topological polar surface area (TPSA) is 41.5 Å². The fraction of sp³-hybridized carbons (Fsp3) is 0.357. The van der Waals surface area contributed by atoms with Crippen LogP contribution in [0.3, 0.4) is 0 Å². The van der Waals surface area contributed by atoms with E-state index in [1.165, 1.54) is 22.3 Å². The molecule has 168 valence electrons. The van der Waals surface area contributed by atoms with Crippen molar-refractivity contribution >= 4 is 0 Å². The molecular weight excluding hydrogens is 401 g/mol. The Labute approximate surface area is 190 Å². The monoisotopic (exact) mass is 433 g/mol. The molecule has 4 heteroatoms. The Morgan fingerprint density at radius 2 is 1.75 bits per heavy atom. The van der Waals surface area contributed by atoms with E-state index in [9.17, 15) is 9.50 Å². The molecule has 0 spiro atoms. The van der Waals surface area contributed by atoms with Crippen LogP contribution in [0.15, 0.2) is 72.8 Å². The fourth-order valence-electron chi connectivity index (χ4n) is 4.77. The van der Waals surface area contributed by atoms with Crippen LogP contribution in [-0.2, 0) is 13.0 Å². The van der Waals surface area contributed by atoms with Gasteiger partial charge in [-0.25, -0.2) is 0 Å². The number of aliphatic hydroxyl groups excluding tert-OH is 1. The van der Waals surface area contributed by atoms with Crippen LogP contribution < -0.4 is 10.1 Å². The van der Waals surface area contributed by atoms with Gasteiger partial charge in [0.05, 0.1) is 13.3 Å². The average molecular weight is 434 g/mol. The van der Waals surface area contributed by atoms with Gasteiger partial charge in [0.25, 0.3) is 0 Å². The van der Waals surface area contributed by atoms with Crippen LogP contribution >= 0.6 is 0 Å². The summed E-state index contributed by atoms with van der Waals surface area (Å²) in [6.45, 7) is 1.74. The van der Waals surface area contributed by atoms with Gasteiger partial charge >= 0.3 is 0 Å². The molecule has 3 aromatic rings. The number of hydrogen-bond donors (Lipinski definition) is 2. The number of alkyl halides is 1. The molecule has 3 nitrogen and oxygen atoms in total. The molecule has 32 heavy (non-hydrogen) atoms. The number of aryl methyl sites for hydroxylation is 1. The summed E-state index contributed by atoms with van der Waals surface area (Å²) in [5.41, 5.74) is 6.32. The van der Waals surface area contributed by atoms with Crippen LogP contribution in [0.4, 0.5) is 4.39 Å². The lowest BCUT2D eigenvalue weighted by molar-refractivity contribution is 0.281. The third-order valence-corrected chi connectivity index (χ3v) is 6.35. The van der Waals surface area contributed by atoms with Gasteiger partial charge in [-0.05, 0) is 71.7 Å². The zero-order valence-electron chi connectivity index (χ0n) is 18.5. The average Bonchev–Trinajstić information content (AvgIpc) is 2.86. The van der Waals surface area contributed by atoms with Gasteiger partial charge in [-0.1, -0.05) is 60.7 Å². The van der Waals surface area contributed by atoms with Gasteiger partial charge in [0.15, 0.2) is 0 Å². The Bertz CT molecular complexity index is 974. The lowest BCUT2D eigenvalue weighted by Crippen LogP contribution is -2.22. The first-order valence-corrected chi connectivity index (χ1v) is 11.6. The first-order chi connectivity index (χ1) is 15.8. The second-order valence-electron chi connectivity index (χ2n) is 8.43. The predicted molar refractivity (Wildman–Crippen MR) is 127 cm³/mol. The third kappa shape index (κ3) is 5.37. The molecule has 2 N–H and O–H groups in total. The molecule has 0 aromatic heterocycles. The first kappa shape index (κ1) is 22.5. The second-order valence-corrected chi connectivity index (χ2v) is 8.43. The zero-order chi connectivity index (χ0) is 22.2. The van der Waals surface area contributed by atoms with Crippen molar-refractivity contribution in [2.24, 2.45) is 0 Å². The largest absolute Gasteiger partial charge is 0.492 e. The summed E-state index contributed by atoms with van der Waals surface area (Å²) in [6, 6.07) is 25.7. The van der Waals surface area contributed by atoms with Crippen LogP contribution in [0, 0.1) is 0 Å². The van der Waals surface area contributed by atoms with Gasteiger partial charge in [0.2, 0.25) is 0 Å². The molecule has 0 fully saturated rings. The van der Waals surface area contributed by atoms with Gasteiger partial charge in [-0.3, -0.25) is 4.39 Å². The maximum atomic E-state index is 12.1. The maximum absolute atomic E-state index is 12.1. The van der Waals surface area contributed by atoms with Crippen molar-refractivity contribution in [3.63, 3.8) is 0 Å². The molecule has 0 saturated heterocycles. The SMILES string of the molecule is OCc1ccc2c(c1)CC[C@H](c1ccccc1)[C@@H]2c1ccc(OCCNCCCF)cc1. The van der Waals surface area contributed by atoms with E-state index in [2.05, 4.69) is 72.0 Å². The molecule has 2 atom stereocenters.